The fraction of sp³-hybridized carbons (Fsp3) is 0.370. The SMILES string of the molecule is CCOc1cc(C=C2SC(=O)N(CC(=O)N3CCCCCC3)C2=O)cc(Br)c1OCc1ccccc1. The van der Waals surface area contributed by atoms with Crippen molar-refractivity contribution in [1.82, 2.24) is 9.80 Å². The van der Waals surface area contributed by atoms with Crippen LogP contribution in [0.15, 0.2) is 51.8 Å². The van der Waals surface area contributed by atoms with Crippen LogP contribution in [0.5, 0.6) is 11.5 Å². The van der Waals surface area contributed by atoms with Crippen molar-refractivity contribution in [3.63, 3.8) is 0 Å². The first-order valence-electron chi connectivity index (χ1n) is 12.1. The standard InChI is InChI=1S/C27H29BrN2O5S/c1-2-34-22-15-20(14-21(28)25(22)35-18-19-10-6-5-7-11-19)16-23-26(32)30(27(33)36-23)17-24(31)29-12-8-3-4-9-13-29/h5-7,10-11,14-16H,2-4,8-9,12-13,17-18H2,1H3. The molecule has 0 radical (unpaired) electrons. The lowest BCUT2D eigenvalue weighted by atomic mass is 10.1. The monoisotopic (exact) mass is 572 g/mol. The molecule has 0 bridgehead atoms. The van der Waals surface area contributed by atoms with E-state index >= 15 is 0 Å². The van der Waals surface area contributed by atoms with Crippen LogP contribution in [0.25, 0.3) is 6.08 Å². The average molecular weight is 574 g/mol. The van der Waals surface area contributed by atoms with E-state index in [-0.39, 0.29) is 17.4 Å². The van der Waals surface area contributed by atoms with Gasteiger partial charge in [-0.3, -0.25) is 19.3 Å². The van der Waals surface area contributed by atoms with Crippen LogP contribution >= 0.6 is 27.7 Å². The Morgan fingerprint density at radius 3 is 2.47 bits per heavy atom. The number of ether oxygens (including phenoxy) is 2. The Morgan fingerprint density at radius 2 is 1.78 bits per heavy atom. The quantitative estimate of drug-likeness (QED) is 0.368. The smallest absolute Gasteiger partial charge is 0.294 e. The second kappa shape index (κ2) is 12.5. The molecular weight excluding hydrogens is 544 g/mol. The van der Waals surface area contributed by atoms with Crippen molar-refractivity contribution in [2.45, 2.75) is 39.2 Å². The lowest BCUT2D eigenvalue weighted by Crippen LogP contribution is -2.42. The summed E-state index contributed by atoms with van der Waals surface area (Å²) >= 11 is 4.41. The van der Waals surface area contributed by atoms with Gasteiger partial charge in [-0.25, -0.2) is 0 Å². The third kappa shape index (κ3) is 6.50. The highest BCUT2D eigenvalue weighted by Gasteiger charge is 2.37. The Hall–Kier alpha value is -2.78. The van der Waals surface area contributed by atoms with Crippen molar-refractivity contribution in [1.29, 1.82) is 0 Å². The van der Waals surface area contributed by atoms with Crippen molar-refractivity contribution in [2.24, 2.45) is 0 Å². The largest absolute Gasteiger partial charge is 0.490 e. The van der Waals surface area contributed by atoms with Gasteiger partial charge in [-0.1, -0.05) is 43.2 Å². The number of likely N-dealkylation sites (tertiary alicyclic amines) is 1. The molecule has 0 unspecified atom stereocenters. The van der Waals surface area contributed by atoms with Gasteiger partial charge in [0.05, 0.1) is 16.0 Å². The number of hydrogen-bond donors (Lipinski definition) is 0. The molecule has 4 rings (SSSR count). The van der Waals surface area contributed by atoms with Crippen LogP contribution in [0, 0.1) is 0 Å². The number of nitrogens with zero attached hydrogens (tertiary/aromatic N) is 2. The fourth-order valence-corrected chi connectivity index (χ4v) is 5.56. The van der Waals surface area contributed by atoms with Crippen LogP contribution < -0.4 is 9.47 Å². The predicted molar refractivity (Wildman–Crippen MR) is 144 cm³/mol. The molecule has 2 aliphatic heterocycles. The molecule has 0 aliphatic carbocycles. The van der Waals surface area contributed by atoms with E-state index in [2.05, 4.69) is 15.9 Å². The van der Waals surface area contributed by atoms with Gasteiger partial charge >= 0.3 is 0 Å². The van der Waals surface area contributed by atoms with E-state index in [1.54, 1.807) is 17.0 Å². The molecule has 2 saturated heterocycles. The summed E-state index contributed by atoms with van der Waals surface area (Å²) in [7, 11) is 0. The average Bonchev–Trinajstić information content (AvgIpc) is 3.05. The fourth-order valence-electron chi connectivity index (χ4n) is 4.15. The lowest BCUT2D eigenvalue weighted by Gasteiger charge is -2.22. The van der Waals surface area contributed by atoms with Crippen molar-refractivity contribution in [3.8, 4) is 11.5 Å². The number of rotatable bonds is 8. The molecule has 190 valence electrons. The first kappa shape index (κ1) is 26.3. The van der Waals surface area contributed by atoms with Crippen molar-refractivity contribution < 1.29 is 23.9 Å². The molecule has 9 heteroatoms. The maximum atomic E-state index is 13.0. The molecule has 36 heavy (non-hydrogen) atoms. The molecule has 0 atom stereocenters. The summed E-state index contributed by atoms with van der Waals surface area (Å²) in [5.74, 6) is 0.465. The summed E-state index contributed by atoms with van der Waals surface area (Å²) in [5.41, 5.74) is 1.71. The van der Waals surface area contributed by atoms with Gasteiger partial charge in [0.2, 0.25) is 5.91 Å². The second-order valence-corrected chi connectivity index (χ2v) is 10.4. The highest BCUT2D eigenvalue weighted by Crippen LogP contribution is 2.39. The molecule has 3 amide bonds. The lowest BCUT2D eigenvalue weighted by molar-refractivity contribution is -0.135. The highest BCUT2D eigenvalue weighted by atomic mass is 79.9. The molecule has 2 aliphatic rings. The van der Waals surface area contributed by atoms with Gasteiger partial charge in [0.25, 0.3) is 11.1 Å². The summed E-state index contributed by atoms with van der Waals surface area (Å²) in [6.45, 7) is 3.83. The molecule has 2 aromatic rings. The minimum absolute atomic E-state index is 0.179. The molecule has 2 heterocycles. The summed E-state index contributed by atoms with van der Waals surface area (Å²) < 4.78 is 12.5. The van der Waals surface area contributed by atoms with Gasteiger partial charge in [-0.05, 0) is 76.8 Å². The van der Waals surface area contributed by atoms with Crippen molar-refractivity contribution in [3.05, 3.63) is 63.0 Å². The Labute approximate surface area is 223 Å². The van der Waals surface area contributed by atoms with Crippen molar-refractivity contribution >= 4 is 50.8 Å². The van der Waals surface area contributed by atoms with Gasteiger partial charge in [-0.15, -0.1) is 0 Å². The molecule has 2 aromatic carbocycles. The van der Waals surface area contributed by atoms with Crippen LogP contribution in [-0.4, -0.2) is 53.1 Å². The summed E-state index contributed by atoms with van der Waals surface area (Å²) in [5, 5.41) is -0.429. The second-order valence-electron chi connectivity index (χ2n) is 8.60. The zero-order valence-electron chi connectivity index (χ0n) is 20.2. The number of amides is 3. The summed E-state index contributed by atoms with van der Waals surface area (Å²) in [6, 6.07) is 13.4. The Kier molecular flexibility index (Phi) is 9.09. The topological polar surface area (TPSA) is 76.2 Å². The summed E-state index contributed by atoms with van der Waals surface area (Å²) in [4.78, 5) is 41.4. The van der Waals surface area contributed by atoms with Crippen LogP contribution in [0.4, 0.5) is 4.79 Å². The van der Waals surface area contributed by atoms with Gasteiger partial charge in [0.15, 0.2) is 11.5 Å². The number of carbonyl (C=O) groups excluding carboxylic acids is 3. The maximum Gasteiger partial charge on any atom is 0.294 e. The Morgan fingerprint density at radius 1 is 1.06 bits per heavy atom. The van der Waals surface area contributed by atoms with E-state index in [0.717, 1.165) is 47.9 Å². The van der Waals surface area contributed by atoms with E-state index < -0.39 is 11.1 Å². The molecule has 0 N–H and O–H groups in total. The first-order chi connectivity index (χ1) is 17.5. The van der Waals surface area contributed by atoms with Crippen LogP contribution in [0.1, 0.15) is 43.7 Å². The van der Waals surface area contributed by atoms with E-state index in [1.807, 2.05) is 43.3 Å². The molecule has 2 fully saturated rings. The number of thioether (sulfide) groups is 1. The number of imide groups is 1. The third-order valence-electron chi connectivity index (χ3n) is 5.98. The number of benzene rings is 2. The highest BCUT2D eigenvalue weighted by molar-refractivity contribution is 9.10. The minimum atomic E-state index is -0.452. The Balaban J connectivity index is 1.49. The zero-order chi connectivity index (χ0) is 25.5. The van der Waals surface area contributed by atoms with Gasteiger partial charge in [0, 0.05) is 13.1 Å². The molecule has 0 saturated carbocycles. The number of halogens is 1. The van der Waals surface area contributed by atoms with Crippen LogP contribution in [-0.2, 0) is 16.2 Å². The van der Waals surface area contributed by atoms with Crippen LogP contribution in [0.3, 0.4) is 0 Å². The van der Waals surface area contributed by atoms with Crippen molar-refractivity contribution in [2.75, 3.05) is 26.2 Å². The number of hydrogen-bond acceptors (Lipinski definition) is 6. The molecular formula is C27H29BrN2O5S. The minimum Gasteiger partial charge on any atom is -0.490 e. The molecule has 7 nitrogen and oxygen atoms in total. The predicted octanol–water partition coefficient (Wildman–Crippen LogP) is 5.87. The molecule has 0 aromatic heterocycles. The zero-order valence-corrected chi connectivity index (χ0v) is 22.6. The number of carbonyl (C=O) groups is 3. The summed E-state index contributed by atoms with van der Waals surface area (Å²) in [6.07, 6.45) is 5.76. The normalized spacial score (nSPS) is 17.4. The maximum absolute atomic E-state index is 13.0. The van der Waals surface area contributed by atoms with E-state index in [4.69, 9.17) is 9.47 Å². The van der Waals surface area contributed by atoms with Gasteiger partial charge in [-0.2, -0.15) is 0 Å². The van der Waals surface area contributed by atoms with E-state index in [0.29, 0.717) is 47.8 Å². The van der Waals surface area contributed by atoms with Gasteiger partial charge in [0.1, 0.15) is 13.2 Å². The first-order valence-corrected chi connectivity index (χ1v) is 13.7. The van der Waals surface area contributed by atoms with Gasteiger partial charge < -0.3 is 14.4 Å². The Bertz CT molecular complexity index is 1150. The molecule has 0 spiro atoms. The third-order valence-corrected chi connectivity index (χ3v) is 7.48. The van der Waals surface area contributed by atoms with Crippen LogP contribution in [0.2, 0.25) is 0 Å². The van der Waals surface area contributed by atoms with E-state index in [9.17, 15) is 14.4 Å². The van der Waals surface area contributed by atoms with E-state index in [1.165, 1.54) is 0 Å².